The highest BCUT2D eigenvalue weighted by molar-refractivity contribution is 5.90. The van der Waals surface area contributed by atoms with Gasteiger partial charge in [-0.15, -0.1) is 0 Å². The molecule has 2 aromatic rings. The van der Waals surface area contributed by atoms with E-state index < -0.39 is 4.92 Å². The van der Waals surface area contributed by atoms with Gasteiger partial charge >= 0.3 is 0 Å². The summed E-state index contributed by atoms with van der Waals surface area (Å²) in [5.41, 5.74) is 1.34. The number of amides is 1. The number of anilines is 1. The van der Waals surface area contributed by atoms with Gasteiger partial charge in [0, 0.05) is 24.8 Å². The van der Waals surface area contributed by atoms with Crippen LogP contribution in [0.15, 0.2) is 30.3 Å². The number of aromatic nitrogens is 2. The summed E-state index contributed by atoms with van der Waals surface area (Å²) in [5.74, 6) is 0.316. The summed E-state index contributed by atoms with van der Waals surface area (Å²) in [4.78, 5) is 22.5. The summed E-state index contributed by atoms with van der Waals surface area (Å²) < 4.78 is 12.5. The van der Waals surface area contributed by atoms with Crippen molar-refractivity contribution in [2.45, 2.75) is 32.3 Å². The number of hydrogen-bond donors (Lipinski definition) is 1. The standard InChI is InChI=1S/C18H22N4O5/c1-13-11-17(19-18(23)8-10-26-12-16-3-2-9-27-16)21(20-13)14-4-6-15(7-5-14)22(24)25/h4-7,11,16H,2-3,8-10,12H2,1H3,(H,19,23). The van der Waals surface area contributed by atoms with Crippen molar-refractivity contribution in [2.75, 3.05) is 25.1 Å². The molecule has 0 radical (unpaired) electrons. The number of hydrogen-bond acceptors (Lipinski definition) is 6. The molecule has 1 amide bonds. The van der Waals surface area contributed by atoms with Gasteiger partial charge in [0.15, 0.2) is 0 Å². The predicted octanol–water partition coefficient (Wildman–Crippen LogP) is 2.61. The zero-order valence-corrected chi connectivity index (χ0v) is 15.1. The summed E-state index contributed by atoms with van der Waals surface area (Å²) in [5, 5.41) is 17.9. The molecule has 144 valence electrons. The van der Waals surface area contributed by atoms with E-state index in [0.29, 0.717) is 24.7 Å². The number of nitro groups is 1. The normalized spacial score (nSPS) is 16.4. The molecule has 1 aliphatic rings. The average Bonchev–Trinajstić information content (AvgIpc) is 3.28. The van der Waals surface area contributed by atoms with E-state index in [1.807, 2.05) is 6.92 Å². The van der Waals surface area contributed by atoms with Crippen molar-refractivity contribution in [3.8, 4) is 5.69 Å². The van der Waals surface area contributed by atoms with E-state index in [1.54, 1.807) is 22.9 Å². The van der Waals surface area contributed by atoms with Crippen molar-refractivity contribution in [2.24, 2.45) is 0 Å². The van der Waals surface area contributed by atoms with Gasteiger partial charge in [-0.1, -0.05) is 0 Å². The van der Waals surface area contributed by atoms with Crippen LogP contribution in [-0.4, -0.2) is 46.5 Å². The van der Waals surface area contributed by atoms with E-state index in [0.717, 1.165) is 25.1 Å². The zero-order valence-electron chi connectivity index (χ0n) is 15.1. The van der Waals surface area contributed by atoms with E-state index in [9.17, 15) is 14.9 Å². The van der Waals surface area contributed by atoms with Gasteiger partial charge in [0.2, 0.25) is 5.91 Å². The molecule has 0 bridgehead atoms. The summed E-state index contributed by atoms with van der Waals surface area (Å²) in [6.07, 6.45) is 2.41. The van der Waals surface area contributed by atoms with Gasteiger partial charge in [0.05, 0.1) is 42.0 Å². The Morgan fingerprint density at radius 2 is 2.22 bits per heavy atom. The molecule has 1 aliphatic heterocycles. The molecule has 27 heavy (non-hydrogen) atoms. The predicted molar refractivity (Wildman–Crippen MR) is 98.0 cm³/mol. The maximum Gasteiger partial charge on any atom is 0.269 e. The highest BCUT2D eigenvalue weighted by Crippen LogP contribution is 2.20. The third-order valence-corrected chi connectivity index (χ3v) is 4.21. The molecule has 0 spiro atoms. The van der Waals surface area contributed by atoms with E-state index in [4.69, 9.17) is 9.47 Å². The maximum atomic E-state index is 12.2. The summed E-state index contributed by atoms with van der Waals surface area (Å²) >= 11 is 0. The van der Waals surface area contributed by atoms with Crippen LogP contribution in [-0.2, 0) is 14.3 Å². The third-order valence-electron chi connectivity index (χ3n) is 4.21. The second-order valence-corrected chi connectivity index (χ2v) is 6.36. The molecular formula is C18H22N4O5. The number of nitro benzene ring substituents is 1. The van der Waals surface area contributed by atoms with Gasteiger partial charge < -0.3 is 14.8 Å². The summed E-state index contributed by atoms with van der Waals surface area (Å²) in [6.45, 7) is 3.41. The molecular weight excluding hydrogens is 352 g/mol. The highest BCUT2D eigenvalue weighted by Gasteiger charge is 2.16. The van der Waals surface area contributed by atoms with Crippen molar-refractivity contribution in [3.63, 3.8) is 0 Å². The van der Waals surface area contributed by atoms with Crippen molar-refractivity contribution >= 4 is 17.4 Å². The van der Waals surface area contributed by atoms with E-state index in [-0.39, 0.29) is 24.1 Å². The fourth-order valence-electron chi connectivity index (χ4n) is 2.86. The molecule has 1 fully saturated rings. The fourth-order valence-corrected chi connectivity index (χ4v) is 2.86. The molecule has 1 atom stereocenters. The first-order valence-corrected chi connectivity index (χ1v) is 8.83. The minimum absolute atomic E-state index is 0.00314. The number of rotatable bonds is 8. The average molecular weight is 374 g/mol. The van der Waals surface area contributed by atoms with Crippen LogP contribution in [0, 0.1) is 17.0 Å². The maximum absolute atomic E-state index is 12.2. The second kappa shape index (κ2) is 8.74. The van der Waals surface area contributed by atoms with Crippen molar-refractivity contribution in [3.05, 3.63) is 46.1 Å². The smallest absolute Gasteiger partial charge is 0.269 e. The first kappa shape index (κ1) is 19.0. The Morgan fingerprint density at radius 3 is 2.89 bits per heavy atom. The number of benzene rings is 1. The van der Waals surface area contributed by atoms with Gasteiger partial charge in [0.25, 0.3) is 5.69 Å². The van der Waals surface area contributed by atoms with Gasteiger partial charge in [-0.25, -0.2) is 4.68 Å². The quantitative estimate of drug-likeness (QED) is 0.432. The monoisotopic (exact) mass is 374 g/mol. The number of carbonyl (C=O) groups excluding carboxylic acids is 1. The molecule has 1 unspecified atom stereocenters. The minimum Gasteiger partial charge on any atom is -0.378 e. The van der Waals surface area contributed by atoms with Gasteiger partial charge in [-0.2, -0.15) is 5.10 Å². The fraction of sp³-hybridized carbons (Fsp3) is 0.444. The Morgan fingerprint density at radius 1 is 1.44 bits per heavy atom. The van der Waals surface area contributed by atoms with E-state index in [2.05, 4.69) is 10.4 Å². The van der Waals surface area contributed by atoms with Crippen LogP contribution in [0.5, 0.6) is 0 Å². The highest BCUT2D eigenvalue weighted by atomic mass is 16.6. The number of aryl methyl sites for hydroxylation is 1. The van der Waals surface area contributed by atoms with Crippen molar-refractivity contribution < 1.29 is 19.2 Å². The number of nitrogens with one attached hydrogen (secondary N) is 1. The lowest BCUT2D eigenvalue weighted by molar-refractivity contribution is -0.384. The Kier molecular flexibility index (Phi) is 6.15. The van der Waals surface area contributed by atoms with Crippen LogP contribution in [0.2, 0.25) is 0 Å². The third kappa shape index (κ3) is 5.11. The first-order chi connectivity index (χ1) is 13.0. The van der Waals surface area contributed by atoms with Crippen LogP contribution in [0.3, 0.4) is 0 Å². The molecule has 0 saturated carbocycles. The number of carbonyl (C=O) groups is 1. The lowest BCUT2D eigenvalue weighted by Crippen LogP contribution is -2.19. The lowest BCUT2D eigenvalue weighted by Gasteiger charge is -2.11. The topological polar surface area (TPSA) is 109 Å². The molecule has 3 rings (SSSR count). The molecule has 0 aliphatic carbocycles. The Bertz CT molecular complexity index is 797. The summed E-state index contributed by atoms with van der Waals surface area (Å²) in [6, 6.07) is 7.72. The van der Waals surface area contributed by atoms with Crippen molar-refractivity contribution in [1.82, 2.24) is 9.78 Å². The lowest BCUT2D eigenvalue weighted by atomic mass is 10.2. The van der Waals surface area contributed by atoms with Crippen LogP contribution >= 0.6 is 0 Å². The molecule has 9 heteroatoms. The van der Waals surface area contributed by atoms with Gasteiger partial charge in [-0.05, 0) is 31.9 Å². The first-order valence-electron chi connectivity index (χ1n) is 8.83. The van der Waals surface area contributed by atoms with E-state index >= 15 is 0 Å². The minimum atomic E-state index is -0.461. The van der Waals surface area contributed by atoms with Gasteiger partial charge in [-0.3, -0.25) is 14.9 Å². The molecule has 1 aromatic heterocycles. The zero-order chi connectivity index (χ0) is 19.2. The molecule has 1 N–H and O–H groups in total. The molecule has 1 saturated heterocycles. The van der Waals surface area contributed by atoms with Crippen LogP contribution in [0.4, 0.5) is 11.5 Å². The van der Waals surface area contributed by atoms with Gasteiger partial charge in [0.1, 0.15) is 5.82 Å². The molecule has 1 aromatic carbocycles. The van der Waals surface area contributed by atoms with Crippen LogP contribution in [0.25, 0.3) is 5.69 Å². The number of nitrogens with zero attached hydrogens (tertiary/aromatic N) is 3. The van der Waals surface area contributed by atoms with Crippen LogP contribution in [0.1, 0.15) is 25.0 Å². The number of ether oxygens (including phenoxy) is 2. The van der Waals surface area contributed by atoms with E-state index in [1.165, 1.54) is 12.1 Å². The summed E-state index contributed by atoms with van der Waals surface area (Å²) in [7, 11) is 0. The Labute approximate surface area is 156 Å². The molecule has 2 heterocycles. The molecule has 9 nitrogen and oxygen atoms in total. The second-order valence-electron chi connectivity index (χ2n) is 6.36. The largest absolute Gasteiger partial charge is 0.378 e. The number of non-ortho nitro benzene ring substituents is 1. The van der Waals surface area contributed by atoms with Crippen molar-refractivity contribution in [1.29, 1.82) is 0 Å². The Hall–Kier alpha value is -2.78. The SMILES string of the molecule is Cc1cc(NC(=O)CCOCC2CCCO2)n(-c2ccc([N+](=O)[O-])cc2)n1. The van der Waals surface area contributed by atoms with Crippen LogP contribution < -0.4 is 5.32 Å². The Balaban J connectivity index is 1.56.